The Balaban J connectivity index is 3.48. The third kappa shape index (κ3) is 5.55. The second-order valence-electron chi connectivity index (χ2n) is 2.69. The molecule has 0 aliphatic carbocycles. The molecule has 0 heterocycles. The molecule has 0 spiro atoms. The maximum absolute atomic E-state index is 10.4. The van der Waals surface area contributed by atoms with E-state index in [4.69, 9.17) is 11.5 Å². The van der Waals surface area contributed by atoms with Crippen molar-refractivity contribution in [3.8, 4) is 12.3 Å². The molecular weight excluding hydrogens is 152 g/mol. The zero-order valence-corrected chi connectivity index (χ0v) is 7.29. The van der Waals surface area contributed by atoms with Gasteiger partial charge in [-0.2, -0.15) is 0 Å². The van der Waals surface area contributed by atoms with E-state index in [1.165, 1.54) is 0 Å². The first-order valence-corrected chi connectivity index (χ1v) is 3.99. The van der Waals surface area contributed by atoms with Gasteiger partial charge in [0.05, 0.1) is 5.92 Å². The molecule has 66 valence electrons. The first-order valence-electron chi connectivity index (χ1n) is 3.99. The lowest BCUT2D eigenvalue weighted by atomic mass is 10.1. The number of rotatable bonds is 5. The zero-order chi connectivity index (χ0) is 9.40. The van der Waals surface area contributed by atoms with Gasteiger partial charge in [0.15, 0.2) is 0 Å². The number of aliphatic carboxylic acids is 1. The third-order valence-corrected chi connectivity index (χ3v) is 1.53. The summed E-state index contributed by atoms with van der Waals surface area (Å²) in [6.07, 6.45) is 11.0. The Morgan fingerprint density at radius 2 is 2.33 bits per heavy atom. The van der Waals surface area contributed by atoms with E-state index in [0.29, 0.717) is 6.42 Å². The van der Waals surface area contributed by atoms with Crippen molar-refractivity contribution < 1.29 is 9.90 Å². The number of hydrogen-bond acceptors (Lipinski definition) is 1. The average molecular weight is 166 g/mol. The Morgan fingerprint density at radius 3 is 2.83 bits per heavy atom. The van der Waals surface area contributed by atoms with Crippen LogP contribution in [0.15, 0.2) is 12.2 Å². The number of carboxylic acids is 1. The van der Waals surface area contributed by atoms with Crippen LogP contribution in [0, 0.1) is 18.3 Å². The molecule has 1 N–H and O–H groups in total. The molecule has 0 saturated carbocycles. The molecule has 0 fully saturated rings. The first kappa shape index (κ1) is 10.8. The molecule has 2 heteroatoms. The van der Waals surface area contributed by atoms with Crippen LogP contribution in [-0.2, 0) is 4.79 Å². The topological polar surface area (TPSA) is 37.3 Å². The van der Waals surface area contributed by atoms with Gasteiger partial charge in [-0.1, -0.05) is 19.1 Å². The van der Waals surface area contributed by atoms with E-state index in [-0.39, 0.29) is 5.92 Å². The fourth-order valence-electron chi connectivity index (χ4n) is 0.686. The Morgan fingerprint density at radius 1 is 1.67 bits per heavy atom. The second kappa shape index (κ2) is 6.48. The van der Waals surface area contributed by atoms with Gasteiger partial charge < -0.3 is 5.11 Å². The van der Waals surface area contributed by atoms with Crippen molar-refractivity contribution in [1.29, 1.82) is 0 Å². The van der Waals surface area contributed by atoms with Crippen LogP contribution in [0.2, 0.25) is 0 Å². The quantitative estimate of drug-likeness (QED) is 0.385. The molecule has 0 saturated heterocycles. The summed E-state index contributed by atoms with van der Waals surface area (Å²) < 4.78 is 0. The number of carbonyl (C=O) groups is 1. The van der Waals surface area contributed by atoms with Gasteiger partial charge in [-0.05, 0) is 12.8 Å². The molecule has 12 heavy (non-hydrogen) atoms. The Bertz CT molecular complexity index is 198. The average Bonchev–Trinajstić information content (AvgIpc) is 2.03. The predicted molar refractivity (Wildman–Crippen MR) is 48.6 cm³/mol. The Hall–Kier alpha value is -1.23. The molecule has 0 bridgehead atoms. The fraction of sp³-hybridized carbons (Fsp3) is 0.500. The lowest BCUT2D eigenvalue weighted by Crippen LogP contribution is -2.07. The van der Waals surface area contributed by atoms with Crippen molar-refractivity contribution in [2.45, 2.75) is 26.2 Å². The van der Waals surface area contributed by atoms with Crippen molar-refractivity contribution in [2.75, 3.05) is 0 Å². The van der Waals surface area contributed by atoms with Crippen LogP contribution in [0.4, 0.5) is 0 Å². The summed E-state index contributed by atoms with van der Waals surface area (Å²) in [5.41, 5.74) is 0. The Kier molecular flexibility index (Phi) is 5.81. The van der Waals surface area contributed by atoms with Crippen molar-refractivity contribution >= 4 is 5.97 Å². The molecule has 0 aromatic rings. The van der Waals surface area contributed by atoms with Crippen LogP contribution in [0.25, 0.3) is 0 Å². The van der Waals surface area contributed by atoms with E-state index in [0.717, 1.165) is 12.8 Å². The lowest BCUT2D eigenvalue weighted by molar-refractivity contribution is -0.140. The molecule has 0 rings (SSSR count). The summed E-state index contributed by atoms with van der Waals surface area (Å²) in [5, 5.41) is 8.52. The molecular formula is C10H14O2. The van der Waals surface area contributed by atoms with E-state index in [2.05, 4.69) is 5.92 Å². The number of carboxylic acid groups (broad SMARTS) is 1. The third-order valence-electron chi connectivity index (χ3n) is 1.53. The highest BCUT2D eigenvalue weighted by Gasteiger charge is 2.06. The maximum atomic E-state index is 10.4. The molecule has 1 atom stereocenters. The Labute approximate surface area is 73.3 Å². The second-order valence-corrected chi connectivity index (χ2v) is 2.69. The van der Waals surface area contributed by atoms with Gasteiger partial charge in [0, 0.05) is 6.42 Å². The lowest BCUT2D eigenvalue weighted by Gasteiger charge is -1.99. The van der Waals surface area contributed by atoms with Gasteiger partial charge in [0.25, 0.3) is 0 Å². The molecule has 2 nitrogen and oxygen atoms in total. The van der Waals surface area contributed by atoms with Crippen LogP contribution in [0.3, 0.4) is 0 Å². The molecule has 0 aromatic carbocycles. The largest absolute Gasteiger partial charge is 0.481 e. The summed E-state index contributed by atoms with van der Waals surface area (Å²) in [6.45, 7) is 1.69. The number of terminal acetylenes is 1. The van der Waals surface area contributed by atoms with Gasteiger partial charge in [-0.25, -0.2) is 0 Å². The summed E-state index contributed by atoms with van der Waals surface area (Å²) in [7, 11) is 0. The smallest absolute Gasteiger partial charge is 0.306 e. The van der Waals surface area contributed by atoms with E-state index >= 15 is 0 Å². The molecule has 0 aliphatic heterocycles. The van der Waals surface area contributed by atoms with Gasteiger partial charge in [-0.3, -0.25) is 4.79 Å². The minimum atomic E-state index is -0.753. The number of unbranched alkanes of at least 4 members (excludes halogenated alkanes) is 1. The standard InChI is InChI=1S/C10H14O2/c1-3-4-5-6-7-8-9(2)10(11)12/h1,6-7,9H,4-5,8H2,2H3,(H,11,12)/b7-6+. The predicted octanol–water partition coefficient (Wildman–Crippen LogP) is 2.07. The van der Waals surface area contributed by atoms with Crippen LogP contribution in [0.1, 0.15) is 26.2 Å². The molecule has 0 radical (unpaired) electrons. The van der Waals surface area contributed by atoms with E-state index in [9.17, 15) is 4.79 Å². The van der Waals surface area contributed by atoms with Crippen LogP contribution in [-0.4, -0.2) is 11.1 Å². The van der Waals surface area contributed by atoms with Gasteiger partial charge in [-0.15, -0.1) is 12.3 Å². The molecule has 1 unspecified atom stereocenters. The van der Waals surface area contributed by atoms with Crippen LogP contribution >= 0.6 is 0 Å². The van der Waals surface area contributed by atoms with E-state index in [1.807, 2.05) is 12.2 Å². The van der Waals surface area contributed by atoms with Crippen LogP contribution in [0.5, 0.6) is 0 Å². The molecule has 0 amide bonds. The highest BCUT2D eigenvalue weighted by Crippen LogP contribution is 2.03. The van der Waals surface area contributed by atoms with Crippen molar-refractivity contribution in [1.82, 2.24) is 0 Å². The summed E-state index contributed by atoms with van der Waals surface area (Å²) in [6, 6.07) is 0. The summed E-state index contributed by atoms with van der Waals surface area (Å²) in [5.74, 6) is 1.46. The number of hydrogen-bond donors (Lipinski definition) is 1. The van der Waals surface area contributed by atoms with Gasteiger partial charge >= 0.3 is 5.97 Å². The van der Waals surface area contributed by atoms with Crippen LogP contribution < -0.4 is 0 Å². The monoisotopic (exact) mass is 166 g/mol. The van der Waals surface area contributed by atoms with Gasteiger partial charge in [0.2, 0.25) is 0 Å². The molecule has 0 aliphatic rings. The zero-order valence-electron chi connectivity index (χ0n) is 7.29. The van der Waals surface area contributed by atoms with E-state index < -0.39 is 5.97 Å². The minimum Gasteiger partial charge on any atom is -0.481 e. The highest BCUT2D eigenvalue weighted by atomic mass is 16.4. The fourth-order valence-corrected chi connectivity index (χ4v) is 0.686. The maximum Gasteiger partial charge on any atom is 0.306 e. The van der Waals surface area contributed by atoms with Crippen molar-refractivity contribution in [2.24, 2.45) is 5.92 Å². The first-order chi connectivity index (χ1) is 5.68. The summed E-state index contributed by atoms with van der Waals surface area (Å²) in [4.78, 5) is 10.4. The van der Waals surface area contributed by atoms with Crippen molar-refractivity contribution in [3.63, 3.8) is 0 Å². The van der Waals surface area contributed by atoms with Gasteiger partial charge in [0.1, 0.15) is 0 Å². The normalized spacial score (nSPS) is 12.7. The minimum absolute atomic E-state index is 0.299. The SMILES string of the molecule is C#CCC/C=C/CC(C)C(=O)O. The highest BCUT2D eigenvalue weighted by molar-refractivity contribution is 5.69. The molecule has 0 aromatic heterocycles. The van der Waals surface area contributed by atoms with Crippen molar-refractivity contribution in [3.05, 3.63) is 12.2 Å². The number of allylic oxidation sites excluding steroid dienone is 2. The summed E-state index contributed by atoms with van der Waals surface area (Å²) >= 11 is 0. The van der Waals surface area contributed by atoms with E-state index in [1.54, 1.807) is 6.92 Å².